The van der Waals surface area contributed by atoms with Gasteiger partial charge in [0.2, 0.25) is 0 Å². The number of hydrogen-bond acceptors (Lipinski definition) is 3. The summed E-state index contributed by atoms with van der Waals surface area (Å²) in [6.07, 6.45) is 0. The Morgan fingerprint density at radius 3 is 2.81 bits per heavy atom. The van der Waals surface area contributed by atoms with E-state index in [9.17, 15) is 4.79 Å². The fourth-order valence-corrected chi connectivity index (χ4v) is 2.37. The van der Waals surface area contributed by atoms with Gasteiger partial charge in [0, 0.05) is 5.69 Å². The van der Waals surface area contributed by atoms with Gasteiger partial charge in [0.15, 0.2) is 0 Å². The van der Waals surface area contributed by atoms with Gasteiger partial charge in [0.05, 0.1) is 28.2 Å². The molecule has 0 fully saturated rings. The molecule has 102 valence electrons. The molecule has 0 saturated carbocycles. The quantitative estimate of drug-likeness (QED) is 0.781. The summed E-state index contributed by atoms with van der Waals surface area (Å²) < 4.78 is 1.88. The second-order valence-electron chi connectivity index (χ2n) is 4.67. The molecule has 0 unspecified atom stereocenters. The first-order valence-electron chi connectivity index (χ1n) is 6.33. The lowest BCUT2D eigenvalue weighted by Crippen LogP contribution is -2.01. The standard InChI is InChI=1S/C16H11N3O2/c1-10-18-14-7-11(9-17)5-6-15(14)19(10)13-4-2-3-12(8-13)16(20)21/h2-8H,1H3,(H,20,21). The van der Waals surface area contributed by atoms with Crippen molar-refractivity contribution in [3.63, 3.8) is 0 Å². The van der Waals surface area contributed by atoms with E-state index in [-0.39, 0.29) is 5.56 Å². The Bertz CT molecular complexity index is 904. The minimum absolute atomic E-state index is 0.224. The molecule has 0 saturated heterocycles. The highest BCUT2D eigenvalue weighted by Crippen LogP contribution is 2.22. The number of aromatic carboxylic acids is 1. The Labute approximate surface area is 120 Å². The van der Waals surface area contributed by atoms with Crippen LogP contribution in [-0.2, 0) is 0 Å². The maximum Gasteiger partial charge on any atom is 0.335 e. The first-order chi connectivity index (χ1) is 10.1. The lowest BCUT2D eigenvalue weighted by atomic mass is 10.2. The van der Waals surface area contributed by atoms with Crippen LogP contribution in [0, 0.1) is 18.3 Å². The third-order valence-corrected chi connectivity index (χ3v) is 3.30. The van der Waals surface area contributed by atoms with Gasteiger partial charge in [-0.25, -0.2) is 9.78 Å². The molecule has 5 nitrogen and oxygen atoms in total. The minimum Gasteiger partial charge on any atom is -0.478 e. The molecular weight excluding hydrogens is 266 g/mol. The zero-order valence-corrected chi connectivity index (χ0v) is 11.2. The molecular formula is C16H11N3O2. The van der Waals surface area contributed by atoms with Gasteiger partial charge in [-0.1, -0.05) is 6.07 Å². The SMILES string of the molecule is Cc1nc2cc(C#N)ccc2n1-c1cccc(C(=O)O)c1. The third kappa shape index (κ3) is 2.13. The largest absolute Gasteiger partial charge is 0.478 e. The number of aryl methyl sites for hydroxylation is 1. The molecule has 0 bridgehead atoms. The van der Waals surface area contributed by atoms with Crippen molar-refractivity contribution >= 4 is 17.0 Å². The van der Waals surface area contributed by atoms with Crippen molar-refractivity contribution in [3.05, 3.63) is 59.4 Å². The summed E-state index contributed by atoms with van der Waals surface area (Å²) in [4.78, 5) is 15.5. The maximum absolute atomic E-state index is 11.1. The lowest BCUT2D eigenvalue weighted by Gasteiger charge is -2.07. The predicted molar refractivity (Wildman–Crippen MR) is 77.5 cm³/mol. The number of carboxylic acids is 1. The average molecular weight is 277 g/mol. The van der Waals surface area contributed by atoms with E-state index < -0.39 is 5.97 Å². The smallest absolute Gasteiger partial charge is 0.335 e. The number of rotatable bonds is 2. The van der Waals surface area contributed by atoms with E-state index in [1.165, 1.54) is 0 Å². The summed E-state index contributed by atoms with van der Waals surface area (Å²) in [7, 11) is 0. The molecule has 21 heavy (non-hydrogen) atoms. The Morgan fingerprint density at radius 2 is 2.10 bits per heavy atom. The number of carbonyl (C=O) groups is 1. The summed E-state index contributed by atoms with van der Waals surface area (Å²) in [5, 5.41) is 18.0. The zero-order valence-electron chi connectivity index (χ0n) is 11.2. The van der Waals surface area contributed by atoms with E-state index in [4.69, 9.17) is 10.4 Å². The summed E-state index contributed by atoms with van der Waals surface area (Å²) in [6, 6.07) is 14.0. The molecule has 0 spiro atoms. The molecule has 0 aliphatic heterocycles. The van der Waals surface area contributed by atoms with Crippen molar-refractivity contribution in [2.24, 2.45) is 0 Å². The number of fused-ring (bicyclic) bond motifs is 1. The Kier molecular flexibility index (Phi) is 2.92. The lowest BCUT2D eigenvalue weighted by molar-refractivity contribution is 0.0697. The van der Waals surface area contributed by atoms with Gasteiger partial charge in [0.25, 0.3) is 0 Å². The number of hydrogen-bond donors (Lipinski definition) is 1. The number of benzene rings is 2. The van der Waals surface area contributed by atoms with Crippen LogP contribution in [0.3, 0.4) is 0 Å². The van der Waals surface area contributed by atoms with Crippen molar-refractivity contribution in [2.45, 2.75) is 6.92 Å². The molecule has 0 aliphatic rings. The molecule has 0 atom stereocenters. The second kappa shape index (κ2) is 4.76. The van der Waals surface area contributed by atoms with E-state index >= 15 is 0 Å². The van der Waals surface area contributed by atoms with Gasteiger partial charge in [-0.2, -0.15) is 5.26 Å². The maximum atomic E-state index is 11.1. The summed E-state index contributed by atoms with van der Waals surface area (Å²) in [5.41, 5.74) is 3.06. The highest BCUT2D eigenvalue weighted by Gasteiger charge is 2.11. The fourth-order valence-electron chi connectivity index (χ4n) is 2.37. The van der Waals surface area contributed by atoms with Crippen LogP contribution in [0.4, 0.5) is 0 Å². The van der Waals surface area contributed by atoms with Crippen LogP contribution in [0.1, 0.15) is 21.7 Å². The van der Waals surface area contributed by atoms with Crippen molar-refractivity contribution in [1.82, 2.24) is 9.55 Å². The monoisotopic (exact) mass is 277 g/mol. The van der Waals surface area contributed by atoms with Crippen LogP contribution in [0.5, 0.6) is 0 Å². The first kappa shape index (κ1) is 12.9. The minimum atomic E-state index is -0.967. The zero-order chi connectivity index (χ0) is 15.0. The third-order valence-electron chi connectivity index (χ3n) is 3.30. The van der Waals surface area contributed by atoms with E-state index in [1.807, 2.05) is 23.6 Å². The predicted octanol–water partition coefficient (Wildman–Crippen LogP) is 2.90. The van der Waals surface area contributed by atoms with Crippen LogP contribution in [0.2, 0.25) is 0 Å². The average Bonchev–Trinajstić information content (AvgIpc) is 2.82. The fraction of sp³-hybridized carbons (Fsp3) is 0.0625. The van der Waals surface area contributed by atoms with Gasteiger partial charge in [-0.3, -0.25) is 4.57 Å². The van der Waals surface area contributed by atoms with E-state index in [0.717, 1.165) is 17.0 Å². The molecule has 0 aliphatic carbocycles. The van der Waals surface area contributed by atoms with Gasteiger partial charge in [-0.05, 0) is 43.3 Å². The Hall–Kier alpha value is -3.13. The van der Waals surface area contributed by atoms with Crippen LogP contribution < -0.4 is 0 Å². The second-order valence-corrected chi connectivity index (χ2v) is 4.67. The topological polar surface area (TPSA) is 78.9 Å². The molecule has 3 aromatic rings. The summed E-state index contributed by atoms with van der Waals surface area (Å²) in [5.74, 6) is -0.228. The molecule has 5 heteroatoms. The van der Waals surface area contributed by atoms with Crippen molar-refractivity contribution in [1.29, 1.82) is 5.26 Å². The highest BCUT2D eigenvalue weighted by atomic mass is 16.4. The highest BCUT2D eigenvalue weighted by molar-refractivity contribution is 5.88. The Balaban J connectivity index is 2.25. The molecule has 3 rings (SSSR count). The summed E-state index contributed by atoms with van der Waals surface area (Å²) >= 11 is 0. The molecule has 1 N–H and O–H groups in total. The number of aromatic nitrogens is 2. The molecule has 0 amide bonds. The van der Waals surface area contributed by atoms with E-state index in [0.29, 0.717) is 11.1 Å². The Morgan fingerprint density at radius 1 is 1.29 bits per heavy atom. The van der Waals surface area contributed by atoms with Gasteiger partial charge >= 0.3 is 5.97 Å². The van der Waals surface area contributed by atoms with Crippen LogP contribution in [-0.4, -0.2) is 20.6 Å². The van der Waals surface area contributed by atoms with Crippen molar-refractivity contribution in [2.75, 3.05) is 0 Å². The normalized spacial score (nSPS) is 10.5. The first-order valence-corrected chi connectivity index (χ1v) is 6.33. The van der Waals surface area contributed by atoms with Gasteiger partial charge in [0.1, 0.15) is 5.82 Å². The van der Waals surface area contributed by atoms with Crippen LogP contribution in [0.15, 0.2) is 42.5 Å². The van der Waals surface area contributed by atoms with E-state index in [1.54, 1.807) is 30.3 Å². The number of nitrogens with zero attached hydrogens (tertiary/aromatic N) is 3. The molecule has 1 heterocycles. The van der Waals surface area contributed by atoms with Gasteiger partial charge in [-0.15, -0.1) is 0 Å². The van der Waals surface area contributed by atoms with Crippen LogP contribution >= 0.6 is 0 Å². The number of carboxylic acid groups (broad SMARTS) is 1. The molecule has 2 aromatic carbocycles. The molecule has 1 aromatic heterocycles. The van der Waals surface area contributed by atoms with Gasteiger partial charge < -0.3 is 5.11 Å². The van der Waals surface area contributed by atoms with Crippen molar-refractivity contribution < 1.29 is 9.90 Å². The van der Waals surface area contributed by atoms with Crippen molar-refractivity contribution in [3.8, 4) is 11.8 Å². The summed E-state index contributed by atoms with van der Waals surface area (Å²) in [6.45, 7) is 1.85. The number of imidazole rings is 1. The van der Waals surface area contributed by atoms with Crippen LogP contribution in [0.25, 0.3) is 16.7 Å². The number of nitriles is 1. The molecule has 0 radical (unpaired) electrons. The van der Waals surface area contributed by atoms with E-state index in [2.05, 4.69) is 11.1 Å².